The maximum Gasteiger partial charge on any atom is 0.266 e. The van der Waals surface area contributed by atoms with Gasteiger partial charge in [0.15, 0.2) is 0 Å². The molecule has 0 unspecified atom stereocenters. The Hall–Kier alpha value is -2.77. The largest absolute Gasteiger partial charge is 0.360 e. The Kier molecular flexibility index (Phi) is 6.51. The number of hydrogen-bond donors (Lipinski definition) is 1. The Bertz CT molecular complexity index is 849. The summed E-state index contributed by atoms with van der Waals surface area (Å²) in [5, 5.41) is 13.0. The average Bonchev–Trinajstić information content (AvgIpc) is 2.70. The van der Waals surface area contributed by atoms with Gasteiger partial charge in [-0.2, -0.15) is 5.26 Å². The number of likely N-dealkylation sites (tertiary alicyclic amines) is 1. The number of amides is 1. The standard InChI is InChI=1S/C22H22ClN3O/c23-20-7-4-8-21(14-20)25-16-19(15-24)22(27)26-11-9-18(10-12-26)13-17-5-2-1-3-6-17/h1-8,14,16,18,25H,9-13H2/b19-16-. The lowest BCUT2D eigenvalue weighted by Gasteiger charge is -2.32. The SMILES string of the molecule is N#C/C(=C/Nc1cccc(Cl)c1)C(=O)N1CCC(Cc2ccccc2)CC1. The van der Waals surface area contributed by atoms with E-state index in [-0.39, 0.29) is 11.5 Å². The summed E-state index contributed by atoms with van der Waals surface area (Å²) in [4.78, 5) is 14.4. The number of nitriles is 1. The van der Waals surface area contributed by atoms with Crippen LogP contribution in [0.1, 0.15) is 18.4 Å². The number of anilines is 1. The third-order valence-electron chi connectivity index (χ3n) is 4.83. The molecule has 27 heavy (non-hydrogen) atoms. The summed E-state index contributed by atoms with van der Waals surface area (Å²) in [6.45, 7) is 1.37. The number of hydrogen-bond acceptors (Lipinski definition) is 3. The van der Waals surface area contributed by atoms with E-state index in [4.69, 9.17) is 11.6 Å². The van der Waals surface area contributed by atoms with Crippen molar-refractivity contribution in [2.45, 2.75) is 19.3 Å². The normalized spacial score (nSPS) is 15.3. The van der Waals surface area contributed by atoms with Crippen LogP contribution < -0.4 is 5.32 Å². The van der Waals surface area contributed by atoms with Gasteiger partial charge in [0.2, 0.25) is 0 Å². The maximum absolute atomic E-state index is 12.7. The van der Waals surface area contributed by atoms with Crippen LogP contribution in [0.15, 0.2) is 66.4 Å². The Morgan fingerprint density at radius 2 is 1.93 bits per heavy atom. The molecule has 0 radical (unpaired) electrons. The molecule has 138 valence electrons. The molecule has 0 aliphatic carbocycles. The molecule has 1 N–H and O–H groups in total. The molecule has 0 spiro atoms. The lowest BCUT2D eigenvalue weighted by atomic mass is 9.90. The van der Waals surface area contributed by atoms with Crippen molar-refractivity contribution >= 4 is 23.2 Å². The molecule has 4 nitrogen and oxygen atoms in total. The summed E-state index contributed by atoms with van der Waals surface area (Å²) >= 11 is 5.95. The summed E-state index contributed by atoms with van der Waals surface area (Å²) in [6, 6.07) is 19.6. The fourth-order valence-corrected chi connectivity index (χ4v) is 3.52. The minimum absolute atomic E-state index is 0.108. The van der Waals surface area contributed by atoms with Gasteiger partial charge in [0.25, 0.3) is 5.91 Å². The van der Waals surface area contributed by atoms with Gasteiger partial charge in [0, 0.05) is 30.0 Å². The van der Waals surface area contributed by atoms with Gasteiger partial charge in [-0.1, -0.05) is 48.0 Å². The van der Waals surface area contributed by atoms with Crippen molar-refractivity contribution < 1.29 is 4.79 Å². The highest BCUT2D eigenvalue weighted by Gasteiger charge is 2.25. The van der Waals surface area contributed by atoms with E-state index in [0.717, 1.165) is 24.9 Å². The molecule has 0 atom stereocenters. The molecule has 1 fully saturated rings. The zero-order valence-electron chi connectivity index (χ0n) is 15.1. The third kappa shape index (κ3) is 5.35. The van der Waals surface area contributed by atoms with Gasteiger partial charge < -0.3 is 10.2 Å². The first kappa shape index (κ1) is 19.0. The van der Waals surface area contributed by atoms with Crippen LogP contribution in [0.4, 0.5) is 5.69 Å². The highest BCUT2D eigenvalue weighted by molar-refractivity contribution is 6.30. The van der Waals surface area contributed by atoms with E-state index in [2.05, 4.69) is 29.6 Å². The number of benzene rings is 2. The molecule has 1 aliphatic rings. The van der Waals surface area contributed by atoms with E-state index < -0.39 is 0 Å². The molecule has 3 rings (SSSR count). The Morgan fingerprint density at radius 3 is 2.59 bits per heavy atom. The third-order valence-corrected chi connectivity index (χ3v) is 5.06. The number of halogens is 1. The van der Waals surface area contributed by atoms with E-state index in [0.29, 0.717) is 24.0 Å². The molecule has 0 aromatic heterocycles. The quantitative estimate of drug-likeness (QED) is 0.608. The van der Waals surface area contributed by atoms with Crippen molar-refractivity contribution in [2.75, 3.05) is 18.4 Å². The van der Waals surface area contributed by atoms with Crippen molar-refractivity contribution in [3.63, 3.8) is 0 Å². The van der Waals surface area contributed by atoms with E-state index in [1.807, 2.05) is 24.3 Å². The first-order valence-corrected chi connectivity index (χ1v) is 9.49. The van der Waals surface area contributed by atoms with Gasteiger partial charge in [0.05, 0.1) is 0 Å². The van der Waals surface area contributed by atoms with Crippen LogP contribution >= 0.6 is 11.6 Å². The molecule has 0 bridgehead atoms. The maximum atomic E-state index is 12.7. The summed E-state index contributed by atoms with van der Waals surface area (Å²) in [5.41, 5.74) is 2.19. The Labute approximate surface area is 165 Å². The van der Waals surface area contributed by atoms with Crippen LogP contribution in [0.3, 0.4) is 0 Å². The van der Waals surface area contributed by atoms with Gasteiger partial charge in [-0.3, -0.25) is 4.79 Å². The number of nitrogens with one attached hydrogen (secondary N) is 1. The van der Waals surface area contributed by atoms with Crippen molar-refractivity contribution in [2.24, 2.45) is 5.92 Å². The molecule has 2 aromatic carbocycles. The van der Waals surface area contributed by atoms with Crippen molar-refractivity contribution in [1.82, 2.24) is 4.90 Å². The second-order valence-electron chi connectivity index (χ2n) is 6.75. The highest BCUT2D eigenvalue weighted by Crippen LogP contribution is 2.23. The fraction of sp³-hybridized carbons (Fsp3) is 0.273. The molecule has 1 aliphatic heterocycles. The lowest BCUT2D eigenvalue weighted by Crippen LogP contribution is -2.39. The Balaban J connectivity index is 1.55. The van der Waals surface area contributed by atoms with Crippen LogP contribution in [0.5, 0.6) is 0 Å². The second-order valence-corrected chi connectivity index (χ2v) is 7.19. The summed E-state index contributed by atoms with van der Waals surface area (Å²) < 4.78 is 0. The zero-order chi connectivity index (χ0) is 19.1. The van der Waals surface area contributed by atoms with E-state index in [9.17, 15) is 10.1 Å². The molecule has 1 amide bonds. The van der Waals surface area contributed by atoms with Crippen molar-refractivity contribution in [1.29, 1.82) is 5.26 Å². The van der Waals surface area contributed by atoms with Crippen LogP contribution in [0.2, 0.25) is 5.02 Å². The lowest BCUT2D eigenvalue weighted by molar-refractivity contribution is -0.128. The number of nitrogens with zero attached hydrogens (tertiary/aromatic N) is 2. The van der Waals surface area contributed by atoms with E-state index in [1.54, 1.807) is 17.0 Å². The van der Waals surface area contributed by atoms with E-state index >= 15 is 0 Å². The number of carbonyl (C=O) groups excluding carboxylic acids is 1. The second kappa shape index (κ2) is 9.25. The monoisotopic (exact) mass is 379 g/mol. The smallest absolute Gasteiger partial charge is 0.266 e. The van der Waals surface area contributed by atoms with Crippen LogP contribution in [-0.4, -0.2) is 23.9 Å². The molecule has 0 saturated carbocycles. The van der Waals surface area contributed by atoms with Crippen molar-refractivity contribution in [3.8, 4) is 6.07 Å². The first-order valence-electron chi connectivity index (χ1n) is 9.11. The number of rotatable bonds is 5. The summed E-state index contributed by atoms with van der Waals surface area (Å²) in [7, 11) is 0. The molecular weight excluding hydrogens is 358 g/mol. The first-order chi connectivity index (χ1) is 13.2. The number of piperidine rings is 1. The van der Waals surface area contributed by atoms with Gasteiger partial charge in [-0.25, -0.2) is 0 Å². The molecule has 1 saturated heterocycles. The molecule has 5 heteroatoms. The van der Waals surface area contributed by atoms with Gasteiger partial charge in [0.1, 0.15) is 11.6 Å². The molecule has 1 heterocycles. The Morgan fingerprint density at radius 1 is 1.19 bits per heavy atom. The molecular formula is C22H22ClN3O. The predicted molar refractivity (Wildman–Crippen MR) is 108 cm³/mol. The topological polar surface area (TPSA) is 56.1 Å². The molecule has 2 aromatic rings. The summed E-state index contributed by atoms with van der Waals surface area (Å²) in [6.07, 6.45) is 4.42. The van der Waals surface area contributed by atoms with Crippen molar-refractivity contribution in [3.05, 3.63) is 77.0 Å². The van der Waals surface area contributed by atoms with E-state index in [1.165, 1.54) is 11.8 Å². The van der Waals surface area contributed by atoms with Crippen LogP contribution in [-0.2, 0) is 11.2 Å². The van der Waals surface area contributed by atoms with Gasteiger partial charge in [-0.15, -0.1) is 0 Å². The average molecular weight is 380 g/mol. The predicted octanol–water partition coefficient (Wildman–Crippen LogP) is 4.64. The van der Waals surface area contributed by atoms with Crippen LogP contribution in [0.25, 0.3) is 0 Å². The van der Waals surface area contributed by atoms with Crippen LogP contribution in [0, 0.1) is 17.2 Å². The van der Waals surface area contributed by atoms with Gasteiger partial charge >= 0.3 is 0 Å². The minimum Gasteiger partial charge on any atom is -0.360 e. The zero-order valence-corrected chi connectivity index (χ0v) is 15.8. The highest BCUT2D eigenvalue weighted by atomic mass is 35.5. The minimum atomic E-state index is -0.217. The number of carbonyl (C=O) groups is 1. The van der Waals surface area contributed by atoms with Gasteiger partial charge in [-0.05, 0) is 48.9 Å². The summed E-state index contributed by atoms with van der Waals surface area (Å²) in [5.74, 6) is 0.362. The fourth-order valence-electron chi connectivity index (χ4n) is 3.33.